The molecule has 0 bridgehead atoms. The average molecular weight is 389 g/mol. The second kappa shape index (κ2) is 7.37. The fourth-order valence-corrected chi connectivity index (χ4v) is 3.97. The molecular weight excluding hydrogens is 356 g/mol. The lowest BCUT2D eigenvalue weighted by Crippen LogP contribution is -2.26. The summed E-state index contributed by atoms with van der Waals surface area (Å²) in [5.74, 6) is 0.786. The van der Waals surface area contributed by atoms with E-state index in [1.165, 1.54) is 35.0 Å². The summed E-state index contributed by atoms with van der Waals surface area (Å²) in [6, 6.07) is 16.8. The van der Waals surface area contributed by atoms with Gasteiger partial charge in [-0.15, -0.1) is 0 Å². The number of rotatable bonds is 5. The lowest BCUT2D eigenvalue weighted by molar-refractivity contribution is 0.0940. The third kappa shape index (κ3) is 4.24. The third-order valence-electron chi connectivity index (χ3n) is 6.14. The van der Waals surface area contributed by atoms with Gasteiger partial charge in [-0.25, -0.2) is 0 Å². The number of aryl methyl sites for hydroxylation is 1. The maximum absolute atomic E-state index is 12.9. The largest absolute Gasteiger partial charge is 0.346 e. The molecule has 29 heavy (non-hydrogen) atoms. The first-order chi connectivity index (χ1) is 13.7. The van der Waals surface area contributed by atoms with Crippen LogP contribution < -0.4 is 5.32 Å². The van der Waals surface area contributed by atoms with Crippen molar-refractivity contribution in [1.82, 2.24) is 9.88 Å². The van der Waals surface area contributed by atoms with Crippen LogP contribution in [0.4, 0.5) is 0 Å². The molecule has 0 unspecified atom stereocenters. The highest BCUT2D eigenvalue weighted by atomic mass is 16.1. The first-order valence-corrected chi connectivity index (χ1v) is 10.7. The van der Waals surface area contributed by atoms with E-state index in [-0.39, 0.29) is 17.4 Å². The maximum Gasteiger partial charge on any atom is 0.251 e. The van der Waals surface area contributed by atoms with Gasteiger partial charge in [-0.1, -0.05) is 51.1 Å². The fraction of sp³-hybridized carbons (Fsp3) is 0.423. The lowest BCUT2D eigenvalue weighted by atomic mass is 9.86. The van der Waals surface area contributed by atoms with Crippen LogP contribution in [0.1, 0.15) is 73.8 Å². The van der Waals surface area contributed by atoms with Crippen LogP contribution in [0.5, 0.6) is 0 Å². The molecule has 1 amide bonds. The zero-order valence-corrected chi connectivity index (χ0v) is 18.3. The number of amides is 1. The SMILES string of the molecule is Cc1cc2ccc(C(=O)N[C@@H](C)c3ccc(C(C)(C)C)cc3)cc2n1CC1CC1. The molecule has 1 heterocycles. The van der Waals surface area contributed by atoms with Crippen molar-refractivity contribution in [3.63, 3.8) is 0 Å². The first kappa shape index (κ1) is 19.8. The topological polar surface area (TPSA) is 34.0 Å². The van der Waals surface area contributed by atoms with E-state index in [1.807, 2.05) is 13.0 Å². The summed E-state index contributed by atoms with van der Waals surface area (Å²) in [6.45, 7) is 11.9. The number of aromatic nitrogens is 1. The second-order valence-electron chi connectivity index (χ2n) is 9.68. The zero-order valence-electron chi connectivity index (χ0n) is 18.3. The van der Waals surface area contributed by atoms with Gasteiger partial charge in [-0.2, -0.15) is 0 Å². The van der Waals surface area contributed by atoms with Crippen LogP contribution >= 0.6 is 0 Å². The molecule has 3 nitrogen and oxygen atoms in total. The van der Waals surface area contributed by atoms with E-state index in [4.69, 9.17) is 0 Å². The molecule has 1 saturated carbocycles. The molecule has 2 aromatic carbocycles. The summed E-state index contributed by atoms with van der Waals surface area (Å²) in [7, 11) is 0. The van der Waals surface area contributed by atoms with Gasteiger partial charge in [0.05, 0.1) is 6.04 Å². The van der Waals surface area contributed by atoms with E-state index >= 15 is 0 Å². The number of fused-ring (bicyclic) bond motifs is 1. The van der Waals surface area contributed by atoms with Gasteiger partial charge in [0.2, 0.25) is 0 Å². The van der Waals surface area contributed by atoms with E-state index in [0.29, 0.717) is 0 Å². The minimum atomic E-state index is -0.0350. The van der Waals surface area contributed by atoms with Crippen LogP contribution in [0.3, 0.4) is 0 Å². The van der Waals surface area contributed by atoms with Gasteiger partial charge >= 0.3 is 0 Å². The van der Waals surface area contributed by atoms with Crippen molar-refractivity contribution in [2.45, 2.75) is 65.5 Å². The Kier molecular flexibility index (Phi) is 5.02. The van der Waals surface area contributed by atoms with Crippen LogP contribution in [-0.4, -0.2) is 10.5 Å². The molecule has 1 aliphatic rings. The summed E-state index contributed by atoms with van der Waals surface area (Å²) >= 11 is 0. The molecule has 0 saturated heterocycles. The van der Waals surface area contributed by atoms with Gasteiger partial charge in [-0.3, -0.25) is 4.79 Å². The molecule has 4 rings (SSSR count). The number of nitrogens with zero attached hydrogens (tertiary/aromatic N) is 1. The molecule has 0 radical (unpaired) electrons. The predicted octanol–water partition coefficient (Wildman–Crippen LogP) is 6.15. The van der Waals surface area contributed by atoms with Gasteiger partial charge in [0.15, 0.2) is 0 Å². The average Bonchev–Trinajstić information content (AvgIpc) is 3.44. The predicted molar refractivity (Wildman–Crippen MR) is 120 cm³/mol. The van der Waals surface area contributed by atoms with E-state index in [2.05, 4.69) is 80.0 Å². The van der Waals surface area contributed by atoms with Crippen LogP contribution in [0.2, 0.25) is 0 Å². The zero-order chi connectivity index (χ0) is 20.8. The van der Waals surface area contributed by atoms with Crippen molar-refractivity contribution in [2.75, 3.05) is 0 Å². The van der Waals surface area contributed by atoms with Gasteiger partial charge in [0, 0.05) is 23.3 Å². The second-order valence-corrected chi connectivity index (χ2v) is 9.68. The number of hydrogen-bond donors (Lipinski definition) is 1. The first-order valence-electron chi connectivity index (χ1n) is 10.7. The van der Waals surface area contributed by atoms with E-state index in [0.717, 1.165) is 23.6 Å². The molecular formula is C26H32N2O. The number of hydrogen-bond acceptors (Lipinski definition) is 1. The smallest absolute Gasteiger partial charge is 0.251 e. The van der Waals surface area contributed by atoms with Crippen molar-refractivity contribution in [1.29, 1.82) is 0 Å². The van der Waals surface area contributed by atoms with Gasteiger partial charge in [0.25, 0.3) is 5.91 Å². The highest BCUT2D eigenvalue weighted by Gasteiger charge is 2.23. The minimum Gasteiger partial charge on any atom is -0.346 e. The van der Waals surface area contributed by atoms with E-state index < -0.39 is 0 Å². The molecule has 0 spiro atoms. The van der Waals surface area contributed by atoms with Gasteiger partial charge in [0.1, 0.15) is 0 Å². The summed E-state index contributed by atoms with van der Waals surface area (Å²) in [6.07, 6.45) is 2.65. The van der Waals surface area contributed by atoms with E-state index in [1.54, 1.807) is 0 Å². The van der Waals surface area contributed by atoms with Crippen molar-refractivity contribution >= 4 is 16.8 Å². The Bertz CT molecular complexity index is 1030. The van der Waals surface area contributed by atoms with Gasteiger partial charge in [-0.05, 0) is 72.7 Å². The lowest BCUT2D eigenvalue weighted by Gasteiger charge is -2.21. The summed E-state index contributed by atoms with van der Waals surface area (Å²) in [5.41, 5.74) is 5.73. The Morgan fingerprint density at radius 3 is 2.41 bits per heavy atom. The Morgan fingerprint density at radius 2 is 1.79 bits per heavy atom. The maximum atomic E-state index is 12.9. The Hall–Kier alpha value is -2.55. The van der Waals surface area contributed by atoms with Crippen LogP contribution in [0.25, 0.3) is 10.9 Å². The van der Waals surface area contributed by atoms with Crippen molar-refractivity contribution in [2.24, 2.45) is 5.92 Å². The number of benzene rings is 2. The Balaban J connectivity index is 1.52. The third-order valence-corrected chi connectivity index (χ3v) is 6.14. The van der Waals surface area contributed by atoms with E-state index in [9.17, 15) is 4.79 Å². The molecule has 1 atom stereocenters. The highest BCUT2D eigenvalue weighted by Crippen LogP contribution is 2.33. The quantitative estimate of drug-likeness (QED) is 0.559. The van der Waals surface area contributed by atoms with Crippen molar-refractivity contribution in [3.05, 3.63) is 70.9 Å². The van der Waals surface area contributed by atoms with Gasteiger partial charge < -0.3 is 9.88 Å². The standard InChI is InChI=1S/C26H32N2O/c1-17-14-21-8-9-22(15-24(21)28(17)16-19-6-7-19)25(29)27-18(2)20-10-12-23(13-11-20)26(3,4)5/h8-15,18-19H,6-7,16H2,1-5H3,(H,27,29)/t18-/m0/s1. The van der Waals surface area contributed by atoms with Crippen LogP contribution in [0, 0.1) is 12.8 Å². The molecule has 1 aromatic heterocycles. The molecule has 3 heteroatoms. The normalized spacial score (nSPS) is 15.5. The number of carbonyl (C=O) groups is 1. The molecule has 1 fully saturated rings. The fourth-order valence-electron chi connectivity index (χ4n) is 3.97. The molecule has 152 valence electrons. The molecule has 3 aromatic rings. The van der Waals surface area contributed by atoms with Crippen molar-refractivity contribution < 1.29 is 4.79 Å². The Morgan fingerprint density at radius 1 is 1.10 bits per heavy atom. The monoisotopic (exact) mass is 388 g/mol. The summed E-state index contributed by atoms with van der Waals surface area (Å²) < 4.78 is 2.37. The molecule has 1 aliphatic carbocycles. The number of carbonyl (C=O) groups excluding carboxylic acids is 1. The summed E-state index contributed by atoms with van der Waals surface area (Å²) in [5, 5.41) is 4.38. The van der Waals surface area contributed by atoms with Crippen LogP contribution in [0.15, 0.2) is 48.5 Å². The molecule has 1 N–H and O–H groups in total. The van der Waals surface area contributed by atoms with Crippen LogP contribution in [-0.2, 0) is 12.0 Å². The number of nitrogens with one attached hydrogen (secondary N) is 1. The Labute approximate surface area is 174 Å². The highest BCUT2D eigenvalue weighted by molar-refractivity contribution is 5.98. The minimum absolute atomic E-state index is 0.0175. The molecule has 0 aliphatic heterocycles. The van der Waals surface area contributed by atoms with Crippen molar-refractivity contribution in [3.8, 4) is 0 Å². The summed E-state index contributed by atoms with van der Waals surface area (Å²) in [4.78, 5) is 12.9.